The zero-order valence-corrected chi connectivity index (χ0v) is 19.3. The highest BCUT2D eigenvalue weighted by Gasteiger charge is 2.27. The number of nitrogens with one attached hydrogen (secondary N) is 1. The van der Waals surface area contributed by atoms with Crippen molar-refractivity contribution < 1.29 is 5.11 Å². The normalized spacial score (nSPS) is 23.0. The summed E-state index contributed by atoms with van der Waals surface area (Å²) < 4.78 is 0.707. The molecule has 148 valence electrons. The maximum atomic E-state index is 10.3. The van der Waals surface area contributed by atoms with E-state index in [1.54, 1.807) is 0 Å². The van der Waals surface area contributed by atoms with Gasteiger partial charge in [-0.1, -0.05) is 18.0 Å². The Morgan fingerprint density at radius 2 is 2.12 bits per heavy atom. The van der Waals surface area contributed by atoms with Crippen LogP contribution in [0.1, 0.15) is 36.7 Å². The first-order valence-corrected chi connectivity index (χ1v) is 10.5. The van der Waals surface area contributed by atoms with Gasteiger partial charge >= 0.3 is 0 Å². The number of hydrogen-bond acceptors (Lipinski definition) is 4. The fourth-order valence-corrected chi connectivity index (χ4v) is 4.86. The smallest absolute Gasteiger partial charge is 0.193 e. The lowest BCUT2D eigenvalue weighted by Crippen LogP contribution is -2.42. The third kappa shape index (κ3) is 6.22. The summed E-state index contributed by atoms with van der Waals surface area (Å²) >= 11 is 7.37. The molecule has 2 N–H and O–H groups in total. The van der Waals surface area contributed by atoms with Gasteiger partial charge in [0.25, 0.3) is 0 Å². The predicted molar refractivity (Wildman–Crippen MR) is 121 cm³/mol. The zero-order chi connectivity index (χ0) is 17.6. The summed E-state index contributed by atoms with van der Waals surface area (Å²) in [5.41, 5.74) is 0. The van der Waals surface area contributed by atoms with E-state index in [0.29, 0.717) is 10.9 Å². The Morgan fingerprint density at radius 3 is 2.77 bits per heavy atom. The fraction of sp³-hybridized carbons (Fsp3) is 0.722. The maximum absolute atomic E-state index is 10.3. The Labute approximate surface area is 182 Å². The number of piperidine rings is 1. The van der Waals surface area contributed by atoms with Crippen LogP contribution in [0, 0.1) is 5.92 Å². The van der Waals surface area contributed by atoms with E-state index in [9.17, 15) is 5.11 Å². The molecule has 0 amide bonds. The van der Waals surface area contributed by atoms with E-state index in [0.717, 1.165) is 29.8 Å². The zero-order valence-electron chi connectivity index (χ0n) is 15.4. The van der Waals surface area contributed by atoms with Crippen LogP contribution in [0.2, 0.25) is 4.34 Å². The van der Waals surface area contributed by atoms with Gasteiger partial charge in [0.15, 0.2) is 5.96 Å². The van der Waals surface area contributed by atoms with Gasteiger partial charge in [-0.15, -0.1) is 35.3 Å². The van der Waals surface area contributed by atoms with Crippen molar-refractivity contribution in [3.8, 4) is 0 Å². The van der Waals surface area contributed by atoms with Gasteiger partial charge in [-0.25, -0.2) is 0 Å². The van der Waals surface area contributed by atoms with Crippen LogP contribution < -0.4 is 5.32 Å². The number of likely N-dealkylation sites (tertiary alicyclic amines) is 2. The summed E-state index contributed by atoms with van der Waals surface area (Å²) in [5.74, 6) is 1.61. The van der Waals surface area contributed by atoms with Crippen molar-refractivity contribution in [2.75, 3.05) is 46.3 Å². The molecule has 0 bridgehead atoms. The minimum Gasteiger partial charge on any atom is -0.386 e. The quantitative estimate of drug-likeness (QED) is 0.361. The van der Waals surface area contributed by atoms with E-state index in [-0.39, 0.29) is 24.0 Å². The summed E-state index contributed by atoms with van der Waals surface area (Å²) in [5, 5.41) is 13.6. The van der Waals surface area contributed by atoms with Crippen LogP contribution in [0.5, 0.6) is 0 Å². The lowest BCUT2D eigenvalue weighted by molar-refractivity contribution is 0.183. The molecule has 8 heteroatoms. The molecule has 2 unspecified atom stereocenters. The summed E-state index contributed by atoms with van der Waals surface area (Å²) in [6, 6.07) is 3.71. The number of thiophene rings is 1. The summed E-state index contributed by atoms with van der Waals surface area (Å²) in [4.78, 5) is 10.2. The van der Waals surface area contributed by atoms with E-state index >= 15 is 0 Å². The van der Waals surface area contributed by atoms with Gasteiger partial charge in [-0.05, 0) is 50.4 Å². The minimum atomic E-state index is -0.555. The molecule has 0 aromatic carbocycles. The van der Waals surface area contributed by atoms with Crippen LogP contribution in [0.15, 0.2) is 17.1 Å². The lowest BCUT2D eigenvalue weighted by atomic mass is 10.1. The van der Waals surface area contributed by atoms with Gasteiger partial charge in [0, 0.05) is 38.1 Å². The van der Waals surface area contributed by atoms with E-state index in [4.69, 9.17) is 11.6 Å². The third-order valence-corrected chi connectivity index (χ3v) is 6.47. The number of aliphatic hydroxyl groups excluding tert-OH is 1. The van der Waals surface area contributed by atoms with Gasteiger partial charge in [-0.2, -0.15) is 0 Å². The second kappa shape index (κ2) is 11.0. The first kappa shape index (κ1) is 22.2. The summed E-state index contributed by atoms with van der Waals surface area (Å²) in [6.07, 6.45) is 4.76. The molecule has 2 aliphatic heterocycles. The average molecular weight is 513 g/mol. The fourth-order valence-electron chi connectivity index (χ4n) is 3.81. The average Bonchev–Trinajstić information content (AvgIpc) is 3.26. The van der Waals surface area contributed by atoms with Crippen molar-refractivity contribution in [1.29, 1.82) is 0 Å². The Balaban J connectivity index is 0.00000243. The van der Waals surface area contributed by atoms with E-state index < -0.39 is 6.10 Å². The van der Waals surface area contributed by atoms with Gasteiger partial charge in [0.2, 0.25) is 0 Å². The molecular weight excluding hydrogens is 483 g/mol. The minimum absolute atomic E-state index is 0. The molecule has 2 saturated heterocycles. The number of guanidine groups is 1. The van der Waals surface area contributed by atoms with Gasteiger partial charge < -0.3 is 20.2 Å². The second-order valence-corrected chi connectivity index (χ2v) is 8.79. The van der Waals surface area contributed by atoms with Gasteiger partial charge in [0.05, 0.1) is 4.34 Å². The second-order valence-electron chi connectivity index (χ2n) is 7.05. The topological polar surface area (TPSA) is 51.1 Å². The number of halogens is 2. The summed E-state index contributed by atoms with van der Waals surface area (Å²) in [7, 11) is 1.81. The molecule has 1 aromatic rings. The molecular formula is C18H30ClIN4OS. The molecule has 2 aliphatic rings. The number of nitrogens with zero attached hydrogens (tertiary/aromatic N) is 3. The summed E-state index contributed by atoms with van der Waals surface area (Å²) in [6.45, 7) is 6.29. The van der Waals surface area contributed by atoms with Crippen LogP contribution >= 0.6 is 46.9 Å². The van der Waals surface area contributed by atoms with Gasteiger partial charge in [0.1, 0.15) is 6.10 Å². The lowest BCUT2D eigenvalue weighted by Gasteiger charge is -2.29. The highest BCUT2D eigenvalue weighted by atomic mass is 127. The Hall–Kier alpha value is -0.0900. The van der Waals surface area contributed by atoms with Crippen molar-refractivity contribution in [2.45, 2.75) is 31.8 Å². The van der Waals surface area contributed by atoms with E-state index in [1.165, 1.54) is 56.7 Å². The van der Waals surface area contributed by atoms with Gasteiger partial charge in [-0.3, -0.25) is 4.99 Å². The van der Waals surface area contributed by atoms with Crippen LogP contribution in [0.4, 0.5) is 0 Å². The molecule has 1 aromatic heterocycles. The van der Waals surface area contributed by atoms with Crippen LogP contribution in [-0.4, -0.2) is 67.2 Å². The van der Waals surface area contributed by atoms with E-state index in [2.05, 4.69) is 20.1 Å². The monoisotopic (exact) mass is 512 g/mol. The van der Waals surface area contributed by atoms with Crippen molar-refractivity contribution in [1.82, 2.24) is 15.1 Å². The molecule has 0 spiro atoms. The molecule has 5 nitrogen and oxygen atoms in total. The Kier molecular flexibility index (Phi) is 9.43. The standard InChI is InChI=1S/C18H29ClN4OS.HI/c1-20-18(21-11-15(24)16-5-6-17(19)25-16)23-10-7-14(13-23)12-22-8-3-2-4-9-22;/h5-6,14-15,24H,2-4,7-13H2,1H3,(H,20,21);1H. The van der Waals surface area contributed by atoms with Crippen LogP contribution in [0.3, 0.4) is 0 Å². The molecule has 2 atom stereocenters. The molecule has 2 fully saturated rings. The molecule has 0 aliphatic carbocycles. The predicted octanol–water partition coefficient (Wildman–Crippen LogP) is 3.44. The molecule has 26 heavy (non-hydrogen) atoms. The number of aliphatic imine (C=N–C) groups is 1. The number of rotatable bonds is 5. The highest BCUT2D eigenvalue weighted by Crippen LogP contribution is 2.26. The maximum Gasteiger partial charge on any atom is 0.193 e. The Morgan fingerprint density at radius 1 is 1.35 bits per heavy atom. The van der Waals surface area contributed by atoms with Crippen molar-refractivity contribution in [3.63, 3.8) is 0 Å². The largest absolute Gasteiger partial charge is 0.386 e. The third-order valence-electron chi connectivity index (χ3n) is 5.14. The number of aliphatic hydroxyl groups is 1. The molecule has 3 rings (SSSR count). The highest BCUT2D eigenvalue weighted by molar-refractivity contribution is 14.0. The molecule has 0 saturated carbocycles. The van der Waals surface area contributed by atoms with Crippen LogP contribution in [-0.2, 0) is 0 Å². The first-order chi connectivity index (χ1) is 12.2. The van der Waals surface area contributed by atoms with Crippen LogP contribution in [0.25, 0.3) is 0 Å². The van der Waals surface area contributed by atoms with E-state index in [1.807, 2.05) is 19.2 Å². The SMILES string of the molecule is CN=C(NCC(O)c1ccc(Cl)s1)N1CCC(CN2CCCCC2)C1.I. The van der Waals surface area contributed by atoms with Crippen molar-refractivity contribution in [2.24, 2.45) is 10.9 Å². The Bertz CT molecular complexity index is 579. The van der Waals surface area contributed by atoms with Crippen molar-refractivity contribution in [3.05, 3.63) is 21.3 Å². The molecule has 3 heterocycles. The number of hydrogen-bond donors (Lipinski definition) is 2. The molecule has 0 radical (unpaired) electrons. The van der Waals surface area contributed by atoms with Crippen molar-refractivity contribution >= 4 is 52.9 Å². The first-order valence-electron chi connectivity index (χ1n) is 9.27.